The van der Waals surface area contributed by atoms with Crippen molar-refractivity contribution in [3.8, 4) is 11.6 Å². The first kappa shape index (κ1) is 14.8. The van der Waals surface area contributed by atoms with E-state index in [1.54, 1.807) is 0 Å². The molecule has 0 aromatic carbocycles. The van der Waals surface area contributed by atoms with Gasteiger partial charge in [-0.25, -0.2) is 0 Å². The van der Waals surface area contributed by atoms with Crippen molar-refractivity contribution in [2.75, 3.05) is 0 Å². The molecule has 19 heavy (non-hydrogen) atoms. The van der Waals surface area contributed by atoms with Crippen LogP contribution in [0.2, 0.25) is 0 Å². The van der Waals surface area contributed by atoms with Gasteiger partial charge in [0.15, 0.2) is 5.75 Å². The Bertz CT molecular complexity index is 512. The highest BCUT2D eigenvalue weighted by Crippen LogP contribution is 2.40. The summed E-state index contributed by atoms with van der Waals surface area (Å²) >= 11 is 0. The van der Waals surface area contributed by atoms with E-state index >= 15 is 0 Å². The Kier molecular flexibility index (Phi) is 3.45. The summed E-state index contributed by atoms with van der Waals surface area (Å²) in [6.45, 7) is 0. The van der Waals surface area contributed by atoms with E-state index in [0.717, 1.165) is 0 Å². The fourth-order valence-electron chi connectivity index (χ4n) is 1.01. The number of nitro groups is 1. The van der Waals surface area contributed by atoms with Crippen LogP contribution >= 0.6 is 0 Å². The third-order valence-corrected chi connectivity index (χ3v) is 1.63. The zero-order valence-corrected chi connectivity index (χ0v) is 8.41. The third kappa shape index (κ3) is 3.59. The number of pyridine rings is 1. The normalized spacial score (nSPS) is 12.3. The fourth-order valence-corrected chi connectivity index (χ4v) is 1.01. The van der Waals surface area contributed by atoms with E-state index in [1.165, 1.54) is 0 Å². The van der Waals surface area contributed by atoms with Crippen LogP contribution in [0.15, 0.2) is 6.07 Å². The number of nitrogens with zero attached hydrogens (tertiary/aromatic N) is 2. The molecule has 0 fully saturated rings. The molecule has 1 rings (SSSR count). The van der Waals surface area contributed by atoms with E-state index in [9.17, 15) is 36.5 Å². The van der Waals surface area contributed by atoms with Gasteiger partial charge in [-0.05, 0) is 0 Å². The van der Waals surface area contributed by atoms with Gasteiger partial charge in [0.1, 0.15) is 0 Å². The minimum atomic E-state index is -5.41. The lowest BCUT2D eigenvalue weighted by molar-refractivity contribution is -0.388. The largest absolute Gasteiger partial charge is 0.574 e. The molecule has 0 radical (unpaired) electrons. The smallest absolute Gasteiger partial charge is 0.503 e. The lowest BCUT2D eigenvalue weighted by Crippen LogP contribution is -2.20. The zero-order chi connectivity index (χ0) is 15.0. The Morgan fingerprint density at radius 1 is 1.26 bits per heavy atom. The molecule has 1 N–H and O–H groups in total. The van der Waals surface area contributed by atoms with Gasteiger partial charge in [0.05, 0.1) is 11.0 Å². The SMILES string of the molecule is O=[N+]([O-])c1cc(O)c(OC(F)(F)F)nc1C(F)(F)F. The molecule has 0 saturated carbocycles. The second-order valence-electron chi connectivity index (χ2n) is 2.98. The molecule has 0 unspecified atom stereocenters. The molecule has 1 heterocycles. The van der Waals surface area contributed by atoms with Gasteiger partial charge < -0.3 is 9.84 Å². The fraction of sp³-hybridized carbons (Fsp3) is 0.286. The molecule has 0 atom stereocenters. The molecule has 0 amide bonds. The van der Waals surface area contributed by atoms with Gasteiger partial charge in [0.2, 0.25) is 5.69 Å². The monoisotopic (exact) mass is 292 g/mol. The van der Waals surface area contributed by atoms with Crippen molar-refractivity contribution >= 4 is 5.69 Å². The predicted octanol–water partition coefficient (Wildman–Crippen LogP) is 2.61. The highest BCUT2D eigenvalue weighted by atomic mass is 19.4. The molecule has 0 aliphatic carbocycles. The number of ether oxygens (including phenoxy) is 1. The van der Waals surface area contributed by atoms with Crippen molar-refractivity contribution < 1.29 is 41.1 Å². The van der Waals surface area contributed by atoms with Crippen molar-refractivity contribution in [1.29, 1.82) is 0 Å². The minimum Gasteiger partial charge on any atom is -0.503 e. The van der Waals surface area contributed by atoms with Gasteiger partial charge >= 0.3 is 18.2 Å². The molecule has 106 valence electrons. The first-order valence-corrected chi connectivity index (χ1v) is 4.13. The zero-order valence-electron chi connectivity index (χ0n) is 8.41. The summed E-state index contributed by atoms with van der Waals surface area (Å²) in [6.07, 6.45) is -10.8. The summed E-state index contributed by atoms with van der Waals surface area (Å²) in [6, 6.07) is -0.128. The molecular formula is C7H2F6N2O4. The van der Waals surface area contributed by atoms with Crippen LogP contribution in [0.3, 0.4) is 0 Å². The van der Waals surface area contributed by atoms with E-state index < -0.39 is 40.5 Å². The van der Waals surface area contributed by atoms with Crippen LogP contribution in [-0.4, -0.2) is 21.4 Å². The molecular weight excluding hydrogens is 290 g/mol. The minimum absolute atomic E-state index is 0.128. The van der Waals surface area contributed by atoms with Crippen molar-refractivity contribution in [1.82, 2.24) is 4.98 Å². The summed E-state index contributed by atoms with van der Waals surface area (Å²) in [5.74, 6) is -3.37. The quantitative estimate of drug-likeness (QED) is 0.514. The molecule has 1 aromatic rings. The topological polar surface area (TPSA) is 85.5 Å². The summed E-state index contributed by atoms with van der Waals surface area (Å²) in [4.78, 5) is 11.1. The highest BCUT2D eigenvalue weighted by Gasteiger charge is 2.43. The molecule has 0 saturated heterocycles. The molecule has 0 bridgehead atoms. The maximum absolute atomic E-state index is 12.4. The van der Waals surface area contributed by atoms with Crippen molar-refractivity contribution in [3.63, 3.8) is 0 Å². The number of hydrogen-bond acceptors (Lipinski definition) is 5. The molecule has 0 spiro atoms. The number of rotatable bonds is 2. The van der Waals surface area contributed by atoms with Gasteiger partial charge in [-0.3, -0.25) is 10.1 Å². The second-order valence-corrected chi connectivity index (χ2v) is 2.98. The molecule has 12 heteroatoms. The highest BCUT2D eigenvalue weighted by molar-refractivity contribution is 5.48. The van der Waals surface area contributed by atoms with Crippen LogP contribution in [-0.2, 0) is 6.18 Å². The number of aromatic hydroxyl groups is 1. The van der Waals surface area contributed by atoms with Gasteiger partial charge in [0, 0.05) is 0 Å². The van der Waals surface area contributed by atoms with E-state index in [0.29, 0.717) is 0 Å². The number of hydrogen-bond donors (Lipinski definition) is 1. The van der Waals surface area contributed by atoms with Crippen LogP contribution < -0.4 is 4.74 Å². The Morgan fingerprint density at radius 2 is 1.79 bits per heavy atom. The van der Waals surface area contributed by atoms with E-state index in [4.69, 9.17) is 5.11 Å². The van der Waals surface area contributed by atoms with Crippen LogP contribution in [0, 0.1) is 10.1 Å². The van der Waals surface area contributed by atoms with E-state index in [2.05, 4.69) is 9.72 Å². The second kappa shape index (κ2) is 4.44. The number of aromatic nitrogens is 1. The van der Waals surface area contributed by atoms with Crippen LogP contribution in [0.4, 0.5) is 32.0 Å². The first-order chi connectivity index (χ1) is 8.42. The van der Waals surface area contributed by atoms with Crippen LogP contribution in [0.1, 0.15) is 5.69 Å². The Labute approximate surface area is 98.9 Å². The summed E-state index contributed by atoms with van der Waals surface area (Å²) in [5, 5.41) is 19.2. The molecule has 0 aliphatic heterocycles. The van der Waals surface area contributed by atoms with Gasteiger partial charge in [-0.2, -0.15) is 18.2 Å². The summed E-state index contributed by atoms with van der Waals surface area (Å²) < 4.78 is 75.6. The van der Waals surface area contributed by atoms with Gasteiger partial charge in [-0.1, -0.05) is 0 Å². The van der Waals surface area contributed by atoms with Crippen LogP contribution in [0.5, 0.6) is 11.6 Å². The predicted molar refractivity (Wildman–Crippen MR) is 44.2 cm³/mol. The lowest BCUT2D eigenvalue weighted by Gasteiger charge is -2.12. The maximum atomic E-state index is 12.4. The molecule has 1 aromatic heterocycles. The van der Waals surface area contributed by atoms with Crippen molar-refractivity contribution in [2.24, 2.45) is 0 Å². The lowest BCUT2D eigenvalue weighted by atomic mass is 10.3. The molecule has 6 nitrogen and oxygen atoms in total. The van der Waals surface area contributed by atoms with Gasteiger partial charge in [0.25, 0.3) is 5.88 Å². The van der Waals surface area contributed by atoms with Crippen molar-refractivity contribution in [2.45, 2.75) is 12.5 Å². The number of alkyl halides is 6. The Balaban J connectivity index is 3.43. The van der Waals surface area contributed by atoms with Gasteiger partial charge in [-0.15, -0.1) is 13.2 Å². The first-order valence-electron chi connectivity index (χ1n) is 4.13. The van der Waals surface area contributed by atoms with Crippen LogP contribution in [0.25, 0.3) is 0 Å². The molecule has 0 aliphatic rings. The maximum Gasteiger partial charge on any atom is 0.574 e. The van der Waals surface area contributed by atoms with E-state index in [-0.39, 0.29) is 6.07 Å². The standard InChI is InChI=1S/C7H2F6N2O4/c8-6(9,10)4-2(15(17)18)1-3(16)5(14-4)19-7(11,12)13/h1,16H. The van der Waals surface area contributed by atoms with E-state index in [1.807, 2.05) is 0 Å². The summed E-state index contributed by atoms with van der Waals surface area (Å²) in [5.41, 5.74) is -3.91. The van der Waals surface area contributed by atoms with Crippen molar-refractivity contribution in [3.05, 3.63) is 21.9 Å². The Hall–Kier alpha value is -2.27. The average molecular weight is 292 g/mol. The Morgan fingerprint density at radius 3 is 2.16 bits per heavy atom. The number of halogens is 6. The summed E-state index contributed by atoms with van der Waals surface area (Å²) in [7, 11) is 0. The third-order valence-electron chi connectivity index (χ3n) is 1.63. The average Bonchev–Trinajstić information content (AvgIpc) is 2.16.